The molecule has 7 heterocycles. The van der Waals surface area contributed by atoms with Crippen molar-refractivity contribution >= 4 is 17.9 Å². The van der Waals surface area contributed by atoms with Gasteiger partial charge in [0.2, 0.25) is 0 Å². The molecule has 0 aromatic carbocycles. The first-order chi connectivity index (χ1) is 36.4. The number of ether oxygens (including phenoxy) is 7. The summed E-state index contributed by atoms with van der Waals surface area (Å²) in [4.78, 5) is 38.8. The molecule has 8 bridgehead atoms. The molecule has 78 heavy (non-hydrogen) atoms. The number of aliphatic hydroxyl groups is 6. The molecule has 24 atom stereocenters. The maximum atomic E-state index is 11.3. The van der Waals surface area contributed by atoms with Crippen LogP contribution in [0.1, 0.15) is 194 Å². The predicted octanol–water partition coefficient (Wildman–Crippen LogP) is 7.21. The van der Waals surface area contributed by atoms with Gasteiger partial charge in [-0.1, -0.05) is 88.3 Å². The highest BCUT2D eigenvalue weighted by Gasteiger charge is 2.63. The van der Waals surface area contributed by atoms with Gasteiger partial charge in [-0.25, -0.2) is 0 Å². The minimum atomic E-state index is -1.09. The van der Waals surface area contributed by atoms with Gasteiger partial charge < -0.3 is 63.8 Å². The lowest BCUT2D eigenvalue weighted by molar-refractivity contribution is -0.191. The van der Waals surface area contributed by atoms with Gasteiger partial charge in [-0.15, -0.1) is 0 Å². The molecule has 7 saturated heterocycles. The smallest absolute Gasteiger partial charge is 0.456 e. The molecule has 17 heteroatoms. The molecular formula is C61H101O17+. The number of fused-ring (bicyclic) bond motifs is 5. The van der Waals surface area contributed by atoms with Crippen molar-refractivity contribution in [3.63, 3.8) is 0 Å². The van der Waals surface area contributed by atoms with Crippen LogP contribution in [0.2, 0.25) is 0 Å². The second kappa shape index (κ2) is 25.3. The van der Waals surface area contributed by atoms with E-state index in [9.17, 15) is 19.8 Å². The van der Waals surface area contributed by atoms with E-state index < -0.39 is 36.3 Å². The van der Waals surface area contributed by atoms with E-state index in [2.05, 4.69) is 88.3 Å². The molecule has 0 aromatic heterocycles. The highest BCUT2D eigenvalue weighted by atomic mass is 16.7. The van der Waals surface area contributed by atoms with E-state index in [1.54, 1.807) is 6.92 Å². The molecule has 7 aliphatic heterocycles. The summed E-state index contributed by atoms with van der Waals surface area (Å²) in [6, 6.07) is 0. The Morgan fingerprint density at radius 2 is 1.10 bits per heavy atom. The molecule has 0 radical (unpaired) electrons. The zero-order valence-corrected chi connectivity index (χ0v) is 49.1. The Morgan fingerprint density at radius 1 is 0.628 bits per heavy atom. The van der Waals surface area contributed by atoms with E-state index in [-0.39, 0.29) is 85.6 Å². The van der Waals surface area contributed by atoms with Crippen LogP contribution in [0.4, 0.5) is 0 Å². The van der Waals surface area contributed by atoms with Crippen LogP contribution in [0.15, 0.2) is 12.2 Å². The fraction of sp³-hybridized carbons (Fsp3) is 0.918. The molecule has 5 unspecified atom stereocenters. The maximum absolute atomic E-state index is 11.3. The molecule has 446 valence electrons. The molecule has 0 amide bonds. The van der Waals surface area contributed by atoms with Gasteiger partial charge in [-0.2, -0.15) is 9.59 Å². The zero-order valence-electron chi connectivity index (χ0n) is 50.1. The van der Waals surface area contributed by atoms with Crippen molar-refractivity contribution in [2.75, 3.05) is 0 Å². The fourth-order valence-corrected chi connectivity index (χ4v) is 15.5. The standard InChI is InChI=1S/C17H30O2.C15H24O3.C11H18O3.C11H16O3.C6H12O4.CO2/c1-12-10-17(18)11-14(13(12)2)19-15(17)8-6-7-9-16(3,4)5;1-9-7-15-8-13(11(9)3)17-14(15)5-4-12(18-15)6-10(2)16;2*1-6-4-11-5-8(7(6)2)13-9(11)3-10(12)14-11;7-3-1-4(8)6(10)5(9)2-3;2-1-3/h6-7,12-15,18H,8-11H2,1-5H3;9,11-14H,4-8H2,1-3H3;6-10,12H,3-5H2,1-2H3;6-9H,3-5H2,1-2H3;3-10H,1-2H2;/p+1/b7-6+;;;;;/t12-,13?,14-,15+,17+;9-,11?,12-,13-,14+,15+;6-,7?,8-,9+,10?,11+;6-,7?,8-,9+,11+;3?,4-,5-,6?;/m11111./s1. The van der Waals surface area contributed by atoms with Gasteiger partial charge in [-0.05, 0) is 111 Å². The first-order valence-corrected chi connectivity index (χ1v) is 29.9. The van der Waals surface area contributed by atoms with E-state index in [0.29, 0.717) is 90.3 Å². The van der Waals surface area contributed by atoms with E-state index in [1.165, 1.54) is 0 Å². The molecule has 5 saturated carbocycles. The van der Waals surface area contributed by atoms with Crippen molar-refractivity contribution in [2.24, 2.45) is 52.8 Å². The van der Waals surface area contributed by atoms with Crippen LogP contribution in [-0.2, 0) is 52.3 Å². The number of hydrogen-bond donors (Lipinski definition) is 6. The number of aliphatic hydroxyl groups excluding tert-OH is 5. The lowest BCUT2D eigenvalue weighted by Gasteiger charge is -2.45. The number of ketones is 1. The van der Waals surface area contributed by atoms with Gasteiger partial charge in [0.1, 0.15) is 29.2 Å². The van der Waals surface area contributed by atoms with Gasteiger partial charge in [-0.3, -0.25) is 9.59 Å². The summed E-state index contributed by atoms with van der Waals surface area (Å²) in [5.74, 6) is 5.07. The lowest BCUT2D eigenvalue weighted by atomic mass is 9.70. The Morgan fingerprint density at radius 3 is 1.64 bits per heavy atom. The second-order valence-electron chi connectivity index (χ2n) is 27.9. The molecular weight excluding hydrogens is 1000 g/mol. The Bertz CT molecular complexity index is 2070. The van der Waals surface area contributed by atoms with Crippen LogP contribution < -0.4 is 0 Å². The Kier molecular flexibility index (Phi) is 20.6. The van der Waals surface area contributed by atoms with E-state index in [4.69, 9.17) is 63.2 Å². The molecule has 12 aliphatic rings. The predicted molar refractivity (Wildman–Crippen MR) is 287 cm³/mol. The zero-order chi connectivity index (χ0) is 57.4. The highest BCUT2D eigenvalue weighted by Crippen LogP contribution is 2.56. The maximum Gasteiger partial charge on any atom is 1.00 e. The minimum absolute atomic E-state index is 0. The molecule has 17 nitrogen and oxygen atoms in total. The van der Waals surface area contributed by atoms with Crippen LogP contribution in [0.25, 0.3) is 0 Å². The van der Waals surface area contributed by atoms with E-state index >= 15 is 0 Å². The number of carbonyl (C=O) groups excluding carboxylic acids is 4. The van der Waals surface area contributed by atoms with Gasteiger partial charge in [0.25, 0.3) is 0 Å². The third kappa shape index (κ3) is 14.2. The number of rotatable bonds is 5. The topological polar surface area (TPSA) is 254 Å². The third-order valence-corrected chi connectivity index (χ3v) is 20.7. The summed E-state index contributed by atoms with van der Waals surface area (Å²) in [6.07, 6.45) is 16.0. The van der Waals surface area contributed by atoms with Crippen LogP contribution in [0.3, 0.4) is 0 Å². The summed E-state index contributed by atoms with van der Waals surface area (Å²) in [5.41, 5.74) is -0.704. The Hall–Kier alpha value is -2.22. The van der Waals surface area contributed by atoms with Gasteiger partial charge >= 0.3 is 13.5 Å². The number of allylic oxidation sites excluding steroid dienone is 1. The first kappa shape index (κ1) is 63.4. The quantitative estimate of drug-likeness (QED) is 0.117. The van der Waals surface area contributed by atoms with Crippen LogP contribution in [0.5, 0.6) is 0 Å². The molecule has 12 fully saturated rings. The van der Waals surface area contributed by atoms with Crippen LogP contribution in [0, 0.1) is 52.8 Å². The minimum Gasteiger partial charge on any atom is -0.456 e. The van der Waals surface area contributed by atoms with Crippen molar-refractivity contribution in [1.29, 1.82) is 0 Å². The van der Waals surface area contributed by atoms with Gasteiger partial charge in [0.15, 0.2) is 6.29 Å². The van der Waals surface area contributed by atoms with Crippen LogP contribution >= 0.6 is 0 Å². The summed E-state index contributed by atoms with van der Waals surface area (Å²) < 4.78 is 41.7. The molecule has 3 spiro atoms. The summed E-state index contributed by atoms with van der Waals surface area (Å²) in [7, 11) is 0. The Labute approximate surface area is 466 Å². The molecule has 0 aromatic rings. The largest absolute Gasteiger partial charge is 1.00 e. The molecule has 5 aliphatic carbocycles. The van der Waals surface area contributed by atoms with Crippen molar-refractivity contribution in [2.45, 2.75) is 300 Å². The summed E-state index contributed by atoms with van der Waals surface area (Å²) in [6.45, 7) is 26.5. The monoisotopic (exact) mass is 1110 g/mol. The van der Waals surface area contributed by atoms with Crippen molar-refractivity contribution in [3.05, 3.63) is 12.2 Å². The average molecular weight is 1110 g/mol. The van der Waals surface area contributed by atoms with E-state index in [1.807, 2.05) is 0 Å². The summed E-state index contributed by atoms with van der Waals surface area (Å²) in [5, 5.41) is 56.0. The summed E-state index contributed by atoms with van der Waals surface area (Å²) >= 11 is 0. The number of esters is 1. The van der Waals surface area contributed by atoms with Crippen LogP contribution in [-0.4, -0.2) is 157 Å². The average Bonchev–Trinajstić information content (AvgIpc) is 4.35. The van der Waals surface area contributed by atoms with Gasteiger partial charge in [0, 0.05) is 51.4 Å². The van der Waals surface area contributed by atoms with E-state index in [0.717, 1.165) is 77.0 Å². The number of hydrogen-bond acceptors (Lipinski definition) is 17. The normalized spacial score (nSPS) is 49.7. The SMILES string of the molecule is CC(=O)C[C@H]1CC[C@@H]2O[C@@H]3C[C@]2(C[C@@H](C)C3C)O1.CC1[C@H](C)C[C@]2(O)C[C@H]1O[C@H]2C/C=C/CC(C)(C)C.CC1[C@H](C)C[C@]23C[C@H]1O[C@H]2CC(=O)O3.CC1[C@H](C)C[C@]23C[C@H]1O[C@H]2CC(O)O3.O=C=O.OC1C[C@@H](O)C(O)[C@H](O)C1.[H+]. The molecule has 12 rings (SSSR count). The highest BCUT2D eigenvalue weighted by molar-refractivity contribution is 5.76. The van der Waals surface area contributed by atoms with Gasteiger partial charge in [0.05, 0.1) is 84.8 Å². The second-order valence-corrected chi connectivity index (χ2v) is 27.9. The number of Topliss-reactive ketones (excluding diaryl/α,β-unsaturated/α-hetero) is 1. The molecule has 6 N–H and O–H groups in total. The first-order valence-electron chi connectivity index (χ1n) is 29.9. The Balaban J connectivity index is 0.000000159. The van der Waals surface area contributed by atoms with Crippen molar-refractivity contribution in [1.82, 2.24) is 0 Å². The lowest BCUT2D eigenvalue weighted by Crippen LogP contribution is -2.51. The third-order valence-electron chi connectivity index (χ3n) is 20.7. The van der Waals surface area contributed by atoms with Crippen molar-refractivity contribution < 1.29 is 84.4 Å². The fourth-order valence-electron chi connectivity index (χ4n) is 15.5. The number of carbonyl (C=O) groups is 2. The van der Waals surface area contributed by atoms with Crippen molar-refractivity contribution in [3.8, 4) is 0 Å².